The fourth-order valence-corrected chi connectivity index (χ4v) is 4.00. The third-order valence-electron chi connectivity index (χ3n) is 4.40. The molecule has 0 radical (unpaired) electrons. The van der Waals surface area contributed by atoms with Crippen molar-refractivity contribution < 1.29 is 4.79 Å². The smallest absolute Gasteiger partial charge is 0.175 e. The molecule has 4 rings (SSSR count). The zero-order valence-electron chi connectivity index (χ0n) is 14.5. The van der Waals surface area contributed by atoms with Gasteiger partial charge < -0.3 is 4.57 Å². The van der Waals surface area contributed by atoms with Gasteiger partial charge in [-0.3, -0.25) is 4.79 Å². The van der Waals surface area contributed by atoms with Crippen LogP contribution in [0.2, 0.25) is 0 Å². The predicted octanol–water partition coefficient (Wildman–Crippen LogP) is 4.47. The summed E-state index contributed by atoms with van der Waals surface area (Å²) < 4.78 is 1.98. The van der Waals surface area contributed by atoms with Gasteiger partial charge in [-0.05, 0) is 12.1 Å². The largest absolute Gasteiger partial charge is 0.346 e. The number of carbonyl (C=O) groups excluding carboxylic acids is 1. The molecular weight excluding hydrogens is 356 g/mol. The lowest BCUT2D eigenvalue weighted by Crippen LogP contribution is -2.02. The van der Waals surface area contributed by atoms with Crippen LogP contribution in [0.4, 0.5) is 0 Å². The molecule has 0 saturated carbocycles. The number of Topliss-reactive ketones (excluding diaryl/α,β-unsaturated/α-hetero) is 1. The number of ketones is 1. The molecule has 0 aliphatic rings. The average molecular weight is 372 g/mol. The Hall–Kier alpha value is -3.17. The highest BCUT2D eigenvalue weighted by atomic mass is 32.2. The van der Waals surface area contributed by atoms with Crippen molar-refractivity contribution in [2.24, 2.45) is 0 Å². The van der Waals surface area contributed by atoms with E-state index in [4.69, 9.17) is 5.26 Å². The maximum atomic E-state index is 12.9. The van der Waals surface area contributed by atoms with Crippen molar-refractivity contribution in [3.05, 3.63) is 66.6 Å². The second kappa shape index (κ2) is 7.60. The monoisotopic (exact) mass is 372 g/mol. The van der Waals surface area contributed by atoms with Gasteiger partial charge >= 0.3 is 0 Å². The van der Waals surface area contributed by atoms with E-state index in [0.717, 1.165) is 26.8 Å². The molecule has 0 saturated heterocycles. The lowest BCUT2D eigenvalue weighted by atomic mass is 10.1. The van der Waals surface area contributed by atoms with Gasteiger partial charge in [-0.15, -0.1) is 0 Å². The molecule has 2 aromatic heterocycles. The third-order valence-corrected chi connectivity index (χ3v) is 5.41. The molecule has 0 fully saturated rings. The molecule has 4 aromatic rings. The summed E-state index contributed by atoms with van der Waals surface area (Å²) in [5, 5.41) is 11.6. The van der Waals surface area contributed by atoms with E-state index >= 15 is 0 Å². The molecular formula is C21H16N4OS. The number of rotatable bonds is 6. The molecule has 0 aliphatic heterocycles. The number of fused-ring (bicyclic) bond motifs is 2. The second-order valence-electron chi connectivity index (χ2n) is 6.07. The Labute approximate surface area is 160 Å². The van der Waals surface area contributed by atoms with Crippen molar-refractivity contribution >= 4 is 39.4 Å². The van der Waals surface area contributed by atoms with Gasteiger partial charge in [0.25, 0.3) is 0 Å². The summed E-state index contributed by atoms with van der Waals surface area (Å²) in [5.74, 6) is 0.349. The Morgan fingerprint density at radius 2 is 1.85 bits per heavy atom. The quantitative estimate of drug-likeness (QED) is 0.284. The first-order chi connectivity index (χ1) is 13.3. The topological polar surface area (TPSA) is 71.6 Å². The fourth-order valence-electron chi connectivity index (χ4n) is 3.13. The maximum Gasteiger partial charge on any atom is 0.175 e. The molecule has 0 atom stereocenters. The number of aryl methyl sites for hydroxylation is 1. The molecule has 0 aliphatic carbocycles. The normalized spacial score (nSPS) is 10.9. The molecule has 2 aromatic carbocycles. The van der Waals surface area contributed by atoms with Crippen molar-refractivity contribution in [1.29, 1.82) is 5.26 Å². The molecule has 132 valence electrons. The zero-order chi connectivity index (χ0) is 18.6. The van der Waals surface area contributed by atoms with E-state index in [1.165, 1.54) is 18.1 Å². The average Bonchev–Trinajstić information content (AvgIpc) is 3.09. The Bertz CT molecular complexity index is 1170. The van der Waals surface area contributed by atoms with Gasteiger partial charge in [0.05, 0.1) is 23.8 Å². The summed E-state index contributed by atoms with van der Waals surface area (Å²) in [6.07, 6.45) is 3.81. The number of thioether (sulfide) groups is 1. The van der Waals surface area contributed by atoms with E-state index in [9.17, 15) is 4.79 Å². The van der Waals surface area contributed by atoms with Gasteiger partial charge in [-0.2, -0.15) is 5.26 Å². The highest BCUT2D eigenvalue weighted by Gasteiger charge is 2.16. The van der Waals surface area contributed by atoms with Crippen molar-refractivity contribution in [2.45, 2.75) is 18.0 Å². The van der Waals surface area contributed by atoms with Crippen LogP contribution in [0.3, 0.4) is 0 Å². The van der Waals surface area contributed by atoms with E-state index in [1.807, 2.05) is 59.3 Å². The van der Waals surface area contributed by atoms with Crippen molar-refractivity contribution in [1.82, 2.24) is 14.5 Å². The number of benzene rings is 2. The van der Waals surface area contributed by atoms with Gasteiger partial charge in [0.1, 0.15) is 11.4 Å². The van der Waals surface area contributed by atoms with Crippen LogP contribution in [0.1, 0.15) is 16.8 Å². The zero-order valence-corrected chi connectivity index (χ0v) is 15.3. The van der Waals surface area contributed by atoms with Crippen LogP contribution in [-0.2, 0) is 6.54 Å². The molecule has 0 amide bonds. The summed E-state index contributed by atoms with van der Waals surface area (Å²) in [5.41, 5.74) is 2.54. The molecule has 27 heavy (non-hydrogen) atoms. The fraction of sp³-hybridized carbons (Fsp3) is 0.143. The summed E-state index contributed by atoms with van der Waals surface area (Å²) in [4.78, 5) is 21.5. The minimum Gasteiger partial charge on any atom is -0.346 e. The van der Waals surface area contributed by atoms with E-state index in [-0.39, 0.29) is 5.78 Å². The molecule has 0 bridgehead atoms. The number of para-hydroxylation sites is 2. The number of carbonyl (C=O) groups is 1. The lowest BCUT2D eigenvalue weighted by Gasteiger charge is -2.04. The van der Waals surface area contributed by atoms with Crippen LogP contribution in [0, 0.1) is 11.3 Å². The minimum atomic E-state index is 0.0506. The van der Waals surface area contributed by atoms with Crippen LogP contribution in [-0.4, -0.2) is 26.1 Å². The summed E-state index contributed by atoms with van der Waals surface area (Å²) in [7, 11) is 0. The highest BCUT2D eigenvalue weighted by Crippen LogP contribution is 2.27. The Morgan fingerprint density at radius 3 is 2.70 bits per heavy atom. The number of nitrogens with zero attached hydrogens (tertiary/aromatic N) is 4. The van der Waals surface area contributed by atoms with Crippen LogP contribution in [0.15, 0.2) is 66.1 Å². The standard InChI is InChI=1S/C21H16N4OS/c22-10-5-11-25-12-17(15-6-2-4-9-19(15)25)20(26)13-27-21-16-7-1-3-8-18(16)23-14-24-21/h1-4,6-9,12,14H,5,11,13H2. The maximum absolute atomic E-state index is 12.9. The Morgan fingerprint density at radius 1 is 1.07 bits per heavy atom. The minimum absolute atomic E-state index is 0.0506. The van der Waals surface area contributed by atoms with Crippen molar-refractivity contribution in [3.63, 3.8) is 0 Å². The van der Waals surface area contributed by atoms with E-state index in [1.54, 1.807) is 0 Å². The highest BCUT2D eigenvalue weighted by molar-refractivity contribution is 8.00. The van der Waals surface area contributed by atoms with E-state index in [0.29, 0.717) is 24.3 Å². The van der Waals surface area contributed by atoms with Crippen molar-refractivity contribution in [3.8, 4) is 6.07 Å². The number of nitriles is 1. The predicted molar refractivity (Wildman–Crippen MR) is 107 cm³/mol. The van der Waals surface area contributed by atoms with Crippen LogP contribution < -0.4 is 0 Å². The molecule has 0 spiro atoms. The van der Waals surface area contributed by atoms with Crippen molar-refractivity contribution in [2.75, 3.05) is 5.75 Å². The first kappa shape index (κ1) is 17.3. The molecule has 0 unspecified atom stereocenters. The van der Waals surface area contributed by atoms with Crippen LogP contribution in [0.5, 0.6) is 0 Å². The molecule has 6 heteroatoms. The molecule has 2 heterocycles. The van der Waals surface area contributed by atoms with E-state index in [2.05, 4.69) is 16.0 Å². The Balaban J connectivity index is 1.61. The van der Waals surface area contributed by atoms with Gasteiger partial charge in [-0.1, -0.05) is 48.2 Å². The SMILES string of the molecule is N#CCCn1cc(C(=O)CSc2ncnc3ccccc23)c2ccccc21. The number of aromatic nitrogens is 3. The van der Waals surface area contributed by atoms with Gasteiger partial charge in [0, 0.05) is 34.6 Å². The third kappa shape index (κ3) is 3.42. The number of hydrogen-bond acceptors (Lipinski definition) is 5. The summed E-state index contributed by atoms with van der Waals surface area (Å²) in [6.45, 7) is 0.577. The summed E-state index contributed by atoms with van der Waals surface area (Å²) in [6, 6.07) is 17.8. The van der Waals surface area contributed by atoms with Gasteiger partial charge in [0.2, 0.25) is 0 Å². The second-order valence-corrected chi connectivity index (χ2v) is 7.03. The first-order valence-electron chi connectivity index (χ1n) is 8.58. The number of hydrogen-bond donors (Lipinski definition) is 0. The molecule has 0 N–H and O–H groups in total. The molecule has 5 nitrogen and oxygen atoms in total. The van der Waals surface area contributed by atoms with Crippen LogP contribution in [0.25, 0.3) is 21.8 Å². The van der Waals surface area contributed by atoms with Crippen LogP contribution >= 0.6 is 11.8 Å². The lowest BCUT2D eigenvalue weighted by molar-refractivity contribution is 0.102. The first-order valence-corrected chi connectivity index (χ1v) is 9.57. The van der Waals surface area contributed by atoms with Gasteiger partial charge in [-0.25, -0.2) is 9.97 Å². The summed E-state index contributed by atoms with van der Waals surface area (Å²) >= 11 is 1.43. The Kier molecular flexibility index (Phi) is 4.86. The van der Waals surface area contributed by atoms with Gasteiger partial charge in [0.15, 0.2) is 5.78 Å². The van der Waals surface area contributed by atoms with E-state index < -0.39 is 0 Å².